The van der Waals surface area contributed by atoms with Crippen molar-refractivity contribution in [2.75, 3.05) is 32.2 Å². The summed E-state index contributed by atoms with van der Waals surface area (Å²) in [6.45, 7) is 0.0523. The van der Waals surface area contributed by atoms with E-state index in [0.29, 0.717) is 11.3 Å². The Morgan fingerprint density at radius 3 is 3.00 bits per heavy atom. The van der Waals surface area contributed by atoms with Crippen molar-refractivity contribution in [1.29, 1.82) is 0 Å². The summed E-state index contributed by atoms with van der Waals surface area (Å²) < 4.78 is 26.3. The van der Waals surface area contributed by atoms with Crippen LogP contribution in [0.25, 0.3) is 0 Å². The number of carbonyl (C=O) groups excluding carboxylic acids is 2. The fraction of sp³-hybridized carbons (Fsp3) is 0.400. The quantitative estimate of drug-likeness (QED) is 0.223. The highest BCUT2D eigenvalue weighted by molar-refractivity contribution is 8.00. The molecule has 0 bridgehead atoms. The molecule has 2 aliphatic rings. The molecular formula is C15H17N5O6S2. The van der Waals surface area contributed by atoms with Crippen LogP contribution in [0.3, 0.4) is 0 Å². The average molecular weight is 431 g/mol. The first kappa shape index (κ1) is 16.3. The fourth-order valence-corrected chi connectivity index (χ4v) is 4.70. The number of nitrogen functional groups attached to an aromatic ring is 1. The van der Waals surface area contributed by atoms with Crippen LogP contribution in [0.4, 0.5) is 5.13 Å². The Balaban J connectivity index is 1.81. The molecule has 11 nitrogen and oxygen atoms in total. The summed E-state index contributed by atoms with van der Waals surface area (Å²) in [7, 11) is -1.49. The van der Waals surface area contributed by atoms with E-state index in [9.17, 15) is 19.5 Å². The van der Waals surface area contributed by atoms with Gasteiger partial charge in [0.1, 0.15) is 29.8 Å². The normalized spacial score (nSPS) is 23.9. The van der Waals surface area contributed by atoms with E-state index in [0.717, 1.165) is 16.2 Å². The number of fused-ring (bicyclic) bond motifs is 1. The Labute approximate surface area is 171 Å². The zero-order chi connectivity index (χ0) is 22.9. The molecule has 0 radical (unpaired) electrons. The van der Waals surface area contributed by atoms with E-state index in [1.807, 2.05) is 0 Å². The van der Waals surface area contributed by atoms with Gasteiger partial charge in [-0.15, -0.1) is 23.1 Å². The molecule has 1 aromatic rings. The third kappa shape index (κ3) is 3.55. The topological polar surface area (TPSA) is 156 Å². The van der Waals surface area contributed by atoms with Gasteiger partial charge in [-0.25, -0.2) is 9.78 Å². The Bertz CT molecular complexity index is 979. The van der Waals surface area contributed by atoms with E-state index in [1.54, 1.807) is 0 Å². The lowest BCUT2D eigenvalue weighted by Gasteiger charge is -2.49. The number of methoxy groups -OCH3 is 1. The molecule has 13 heteroatoms. The molecule has 0 spiro atoms. The van der Waals surface area contributed by atoms with Gasteiger partial charge in [0.05, 0.1) is 10.7 Å². The number of nitrogens with two attached hydrogens (primary N) is 1. The first-order valence-corrected chi connectivity index (χ1v) is 9.63. The molecule has 0 saturated carbocycles. The largest absolute Gasteiger partial charge is 0.477 e. The molecule has 0 aromatic carbocycles. The summed E-state index contributed by atoms with van der Waals surface area (Å²) in [5.41, 5.74) is 5.32. The first-order chi connectivity index (χ1) is 14.5. The number of ether oxygens (including phenoxy) is 1. The highest BCUT2D eigenvalue weighted by Gasteiger charge is 2.54. The van der Waals surface area contributed by atoms with Crippen molar-refractivity contribution in [2.45, 2.75) is 11.4 Å². The van der Waals surface area contributed by atoms with Gasteiger partial charge in [0.25, 0.3) is 11.8 Å². The van der Waals surface area contributed by atoms with Gasteiger partial charge >= 0.3 is 5.97 Å². The van der Waals surface area contributed by atoms with E-state index >= 15 is 0 Å². The number of anilines is 1. The molecule has 3 rings (SSSR count). The SMILES string of the molecule is [2H][13C]([2H])([2H])O/N=C(\C(=O)N[C@@H]1C(=O)N2C(C(=O)O)=C(COC)CS[C@H]12)c1csc(N)n1. The Morgan fingerprint density at radius 1 is 1.61 bits per heavy atom. The van der Waals surface area contributed by atoms with Crippen LogP contribution >= 0.6 is 23.1 Å². The van der Waals surface area contributed by atoms with Gasteiger partial charge in [-0.1, -0.05) is 5.16 Å². The summed E-state index contributed by atoms with van der Waals surface area (Å²) >= 11 is 2.26. The average Bonchev–Trinajstić information content (AvgIpc) is 3.10. The van der Waals surface area contributed by atoms with Gasteiger partial charge < -0.3 is 25.7 Å². The Morgan fingerprint density at radius 2 is 2.39 bits per heavy atom. The lowest BCUT2D eigenvalue weighted by molar-refractivity contribution is -0.150. The maximum absolute atomic E-state index is 12.8. The minimum Gasteiger partial charge on any atom is -0.477 e. The number of aromatic nitrogens is 1. The third-order valence-electron chi connectivity index (χ3n) is 3.97. The number of β-lactam (4-membered cyclic amide) rings is 1. The second-order valence-corrected chi connectivity index (χ2v) is 7.65. The molecule has 4 N–H and O–H groups in total. The number of carbonyl (C=O) groups is 3. The van der Waals surface area contributed by atoms with Crippen LogP contribution in [-0.4, -0.2) is 76.4 Å². The number of nitrogens with one attached hydrogen (secondary N) is 1. The molecular weight excluding hydrogens is 411 g/mol. The van der Waals surface area contributed by atoms with Crippen LogP contribution in [-0.2, 0) is 24.0 Å². The van der Waals surface area contributed by atoms with Gasteiger partial charge in [0.2, 0.25) is 0 Å². The van der Waals surface area contributed by atoms with E-state index < -0.39 is 41.9 Å². The number of amides is 2. The van der Waals surface area contributed by atoms with E-state index in [4.69, 9.17) is 14.6 Å². The summed E-state index contributed by atoms with van der Waals surface area (Å²) in [6.07, 6.45) is 0. The number of aliphatic carboxylic acids is 1. The van der Waals surface area contributed by atoms with E-state index in [-0.39, 0.29) is 23.1 Å². The Kier molecular flexibility index (Phi) is 4.76. The zero-order valence-electron chi connectivity index (χ0n) is 17.4. The number of thiazole rings is 1. The number of thioether (sulfide) groups is 1. The van der Waals surface area contributed by atoms with Crippen molar-refractivity contribution in [3.8, 4) is 0 Å². The monoisotopic (exact) mass is 431 g/mol. The summed E-state index contributed by atoms with van der Waals surface area (Å²) in [6, 6.07) is -1.05. The van der Waals surface area contributed by atoms with Crippen molar-refractivity contribution >= 4 is 51.7 Å². The number of nitrogens with zero attached hydrogens (tertiary/aromatic N) is 3. The molecule has 1 fully saturated rings. The molecule has 150 valence electrons. The van der Waals surface area contributed by atoms with Crippen LogP contribution in [0.2, 0.25) is 0 Å². The number of rotatable bonds is 7. The number of hydrogen-bond donors (Lipinski definition) is 3. The standard InChI is InChI=1S/C15H17N5O6S2/c1-25-3-6-4-27-13-9(12(22)20(13)10(6)14(23)24)18-11(21)8(19-26-2)7-5-28-15(16)17-7/h5,9,13H,3-4H2,1-2H3,(H2,16,17)(H,18,21)(H,23,24)/b19-8-/t9-,13-/m1/s1/i2+1D3. The van der Waals surface area contributed by atoms with Crippen molar-refractivity contribution in [1.82, 2.24) is 15.2 Å². The van der Waals surface area contributed by atoms with Gasteiger partial charge in [-0.2, -0.15) is 0 Å². The summed E-state index contributed by atoms with van der Waals surface area (Å²) in [5, 5.41) is 16.2. The molecule has 2 aliphatic heterocycles. The number of carboxylic acid groups (broad SMARTS) is 1. The maximum Gasteiger partial charge on any atom is 0.352 e. The highest BCUT2D eigenvalue weighted by atomic mass is 32.2. The number of carboxylic acids is 1. The molecule has 1 aromatic heterocycles. The molecule has 0 unspecified atom stereocenters. The van der Waals surface area contributed by atoms with Crippen molar-refractivity contribution in [3.63, 3.8) is 0 Å². The molecule has 1 saturated heterocycles. The number of oxime groups is 1. The second kappa shape index (κ2) is 8.16. The van der Waals surface area contributed by atoms with Crippen LogP contribution in [0.15, 0.2) is 21.8 Å². The van der Waals surface area contributed by atoms with Gasteiger partial charge in [-0.05, 0) is 5.57 Å². The van der Waals surface area contributed by atoms with Gasteiger partial charge in [-0.3, -0.25) is 14.5 Å². The predicted molar refractivity (Wildman–Crippen MR) is 102 cm³/mol. The zero-order valence-corrected chi connectivity index (χ0v) is 16.0. The molecule has 3 heterocycles. The van der Waals surface area contributed by atoms with Crippen LogP contribution < -0.4 is 11.1 Å². The minimum absolute atomic E-state index is 0.0299. The minimum atomic E-state index is -2.91. The maximum atomic E-state index is 12.8. The second-order valence-electron chi connectivity index (χ2n) is 5.65. The van der Waals surface area contributed by atoms with Crippen molar-refractivity contribution in [2.24, 2.45) is 5.16 Å². The fourth-order valence-electron chi connectivity index (χ4n) is 2.82. The molecule has 2 atom stereocenters. The van der Waals surface area contributed by atoms with Gasteiger partial charge in [0, 0.05) is 18.2 Å². The molecule has 0 aliphatic carbocycles. The van der Waals surface area contributed by atoms with E-state index in [2.05, 4.69) is 20.3 Å². The smallest absolute Gasteiger partial charge is 0.352 e. The Hall–Kier alpha value is -2.64. The molecule has 28 heavy (non-hydrogen) atoms. The summed E-state index contributed by atoms with van der Waals surface area (Å²) in [5.74, 6) is -2.54. The predicted octanol–water partition coefficient (Wildman–Crippen LogP) is -0.539. The lowest BCUT2D eigenvalue weighted by Crippen LogP contribution is -2.71. The first-order valence-electron chi connectivity index (χ1n) is 9.21. The summed E-state index contributed by atoms with van der Waals surface area (Å²) in [4.78, 5) is 46.4. The lowest BCUT2D eigenvalue weighted by atomic mass is 10.0. The third-order valence-corrected chi connectivity index (χ3v) is 5.99. The van der Waals surface area contributed by atoms with Crippen molar-refractivity contribution in [3.05, 3.63) is 22.3 Å². The van der Waals surface area contributed by atoms with Crippen LogP contribution in [0.5, 0.6) is 0 Å². The van der Waals surface area contributed by atoms with Gasteiger partial charge in [0.15, 0.2) is 10.8 Å². The van der Waals surface area contributed by atoms with Crippen molar-refractivity contribution < 1.29 is 33.2 Å². The molecule has 2 amide bonds. The highest BCUT2D eigenvalue weighted by Crippen LogP contribution is 2.40. The number of hydrogen-bond acceptors (Lipinski definition) is 10. The van der Waals surface area contributed by atoms with Crippen LogP contribution in [0.1, 0.15) is 9.81 Å². The van der Waals surface area contributed by atoms with E-state index in [1.165, 1.54) is 24.3 Å². The van der Waals surface area contributed by atoms with Crippen LogP contribution in [0, 0.1) is 0 Å².